The minimum absolute atomic E-state index is 0.0973. The molecule has 25 heavy (non-hydrogen) atoms. The second-order valence-electron chi connectivity index (χ2n) is 6.34. The van der Waals surface area contributed by atoms with E-state index in [1.807, 2.05) is 80.9 Å². The Kier molecular flexibility index (Phi) is 4.65. The van der Waals surface area contributed by atoms with Gasteiger partial charge < -0.3 is 0 Å². The lowest BCUT2D eigenvalue weighted by molar-refractivity contribution is 0.0954. The summed E-state index contributed by atoms with van der Waals surface area (Å²) in [7, 11) is 0. The highest BCUT2D eigenvalue weighted by Crippen LogP contribution is 2.13. The summed E-state index contributed by atoms with van der Waals surface area (Å²) < 4.78 is 3.46. The fraction of sp³-hybridized carbons (Fsp3) is 0.250. The second kappa shape index (κ2) is 6.89. The Labute approximate surface area is 147 Å². The normalized spacial score (nSPS) is 12.0. The van der Waals surface area contributed by atoms with Crippen LogP contribution in [-0.2, 0) is 0 Å². The van der Waals surface area contributed by atoms with Crippen LogP contribution >= 0.6 is 0 Å². The summed E-state index contributed by atoms with van der Waals surface area (Å²) in [4.78, 5) is 17.4. The number of hydrogen-bond donors (Lipinski definition) is 0. The molecule has 0 spiro atoms. The number of rotatable bonds is 3. The van der Waals surface area contributed by atoms with Crippen molar-refractivity contribution in [3.05, 3.63) is 77.2 Å². The van der Waals surface area contributed by atoms with Crippen LogP contribution < -0.4 is 5.49 Å². The summed E-state index contributed by atoms with van der Waals surface area (Å²) in [6.07, 6.45) is 1.75. The molecule has 1 aromatic carbocycles. The van der Waals surface area contributed by atoms with Gasteiger partial charge in [-0.3, -0.25) is 14.4 Å². The monoisotopic (exact) mass is 334 g/mol. The Morgan fingerprint density at radius 2 is 1.80 bits per heavy atom. The van der Waals surface area contributed by atoms with Gasteiger partial charge >= 0.3 is 0 Å². The molecular formula is C20H22N4O. The molecule has 5 heteroatoms. The zero-order valence-corrected chi connectivity index (χ0v) is 15.0. The average Bonchev–Trinajstić information content (AvgIpc) is 2.93. The molecule has 0 saturated carbocycles. The van der Waals surface area contributed by atoms with Crippen LogP contribution in [0.25, 0.3) is 5.69 Å². The lowest BCUT2D eigenvalue weighted by Crippen LogP contribution is -2.28. The Balaban J connectivity index is 1.96. The van der Waals surface area contributed by atoms with Crippen LogP contribution in [0.2, 0.25) is 0 Å². The van der Waals surface area contributed by atoms with Gasteiger partial charge in [0.05, 0.1) is 11.4 Å². The van der Waals surface area contributed by atoms with E-state index in [1.165, 1.54) is 0 Å². The third-order valence-corrected chi connectivity index (χ3v) is 3.82. The first kappa shape index (κ1) is 16.9. The van der Waals surface area contributed by atoms with E-state index < -0.39 is 0 Å². The predicted octanol–water partition coefficient (Wildman–Crippen LogP) is 3.29. The standard InChI is InChI=1S/C20H22N4O/c1-14(2)21-19-7-5-6-12-23(19)20(25)17-8-10-18(11-9-17)24-16(4)13-15(3)22-24/h5-14H,1-4H3. The van der Waals surface area contributed by atoms with Gasteiger partial charge in [0.1, 0.15) is 5.49 Å². The number of benzene rings is 1. The summed E-state index contributed by atoms with van der Waals surface area (Å²) in [5.41, 5.74) is 4.24. The topological polar surface area (TPSA) is 52.2 Å². The number of hydrogen-bond acceptors (Lipinski definition) is 3. The van der Waals surface area contributed by atoms with Crippen molar-refractivity contribution in [2.75, 3.05) is 0 Å². The molecule has 0 aliphatic rings. The van der Waals surface area contributed by atoms with Crippen molar-refractivity contribution in [2.24, 2.45) is 4.99 Å². The van der Waals surface area contributed by atoms with E-state index in [-0.39, 0.29) is 11.9 Å². The second-order valence-corrected chi connectivity index (χ2v) is 6.34. The Morgan fingerprint density at radius 1 is 1.08 bits per heavy atom. The van der Waals surface area contributed by atoms with Gasteiger partial charge in [-0.05, 0) is 70.2 Å². The van der Waals surface area contributed by atoms with E-state index in [9.17, 15) is 4.79 Å². The van der Waals surface area contributed by atoms with E-state index in [0.29, 0.717) is 11.1 Å². The molecule has 0 aliphatic heterocycles. The molecule has 2 heterocycles. The molecule has 5 nitrogen and oxygen atoms in total. The van der Waals surface area contributed by atoms with E-state index in [1.54, 1.807) is 10.8 Å². The lowest BCUT2D eigenvalue weighted by Gasteiger charge is -2.09. The molecule has 2 aromatic heterocycles. The molecule has 0 atom stereocenters. The van der Waals surface area contributed by atoms with E-state index in [4.69, 9.17) is 0 Å². The van der Waals surface area contributed by atoms with Gasteiger partial charge in [0, 0.05) is 23.5 Å². The first-order valence-corrected chi connectivity index (χ1v) is 8.35. The maximum Gasteiger partial charge on any atom is 0.263 e. The highest BCUT2D eigenvalue weighted by Gasteiger charge is 2.10. The molecule has 0 saturated heterocycles. The molecule has 0 amide bonds. The fourth-order valence-electron chi connectivity index (χ4n) is 2.75. The Hall–Kier alpha value is -2.95. The first-order valence-electron chi connectivity index (χ1n) is 8.35. The quantitative estimate of drug-likeness (QED) is 0.738. The maximum atomic E-state index is 12.8. The number of pyridine rings is 1. The van der Waals surface area contributed by atoms with Gasteiger partial charge in [-0.15, -0.1) is 0 Å². The molecule has 3 rings (SSSR count). The molecular weight excluding hydrogens is 312 g/mol. The smallest absolute Gasteiger partial charge is 0.263 e. The van der Waals surface area contributed by atoms with Crippen LogP contribution in [0.15, 0.2) is 59.7 Å². The number of aromatic nitrogens is 3. The van der Waals surface area contributed by atoms with Gasteiger partial charge in [-0.1, -0.05) is 6.07 Å². The van der Waals surface area contributed by atoms with Crippen LogP contribution in [0, 0.1) is 13.8 Å². The summed E-state index contributed by atoms with van der Waals surface area (Å²) in [5, 5.41) is 4.47. The summed E-state index contributed by atoms with van der Waals surface area (Å²) in [6.45, 7) is 7.96. The van der Waals surface area contributed by atoms with Crippen molar-refractivity contribution in [2.45, 2.75) is 33.7 Å². The average molecular weight is 334 g/mol. The van der Waals surface area contributed by atoms with E-state index in [2.05, 4.69) is 10.1 Å². The molecule has 128 valence electrons. The molecule has 0 unspecified atom stereocenters. The van der Waals surface area contributed by atoms with Gasteiger partial charge in [0.15, 0.2) is 0 Å². The molecule has 0 bridgehead atoms. The highest BCUT2D eigenvalue weighted by molar-refractivity contribution is 5.95. The fourth-order valence-corrected chi connectivity index (χ4v) is 2.75. The van der Waals surface area contributed by atoms with E-state index >= 15 is 0 Å². The van der Waals surface area contributed by atoms with Gasteiger partial charge in [-0.2, -0.15) is 5.10 Å². The maximum absolute atomic E-state index is 12.8. The number of aryl methyl sites for hydroxylation is 2. The third-order valence-electron chi connectivity index (χ3n) is 3.82. The third kappa shape index (κ3) is 3.60. The van der Waals surface area contributed by atoms with E-state index in [0.717, 1.165) is 17.1 Å². The van der Waals surface area contributed by atoms with Crippen LogP contribution in [0.4, 0.5) is 0 Å². The molecule has 0 fully saturated rings. The lowest BCUT2D eigenvalue weighted by atomic mass is 10.2. The van der Waals surface area contributed by atoms with Crippen LogP contribution in [0.1, 0.15) is 35.6 Å². The van der Waals surface area contributed by atoms with Crippen molar-refractivity contribution >= 4 is 5.91 Å². The number of carbonyl (C=O) groups is 1. The van der Waals surface area contributed by atoms with Crippen molar-refractivity contribution in [1.82, 2.24) is 14.3 Å². The zero-order valence-electron chi connectivity index (χ0n) is 15.0. The van der Waals surface area contributed by atoms with Crippen molar-refractivity contribution in [1.29, 1.82) is 0 Å². The van der Waals surface area contributed by atoms with Crippen molar-refractivity contribution < 1.29 is 4.79 Å². The minimum Gasteiger partial charge on any atom is -0.268 e. The first-order chi connectivity index (χ1) is 12.0. The van der Waals surface area contributed by atoms with Crippen LogP contribution in [0.5, 0.6) is 0 Å². The van der Waals surface area contributed by atoms with Crippen LogP contribution in [-0.4, -0.2) is 26.3 Å². The SMILES string of the molecule is Cc1cc(C)n(-c2ccc(C(=O)n3ccccc3=NC(C)C)cc2)n1. The Morgan fingerprint density at radius 3 is 2.40 bits per heavy atom. The van der Waals surface area contributed by atoms with Gasteiger partial charge in [-0.25, -0.2) is 4.68 Å². The van der Waals surface area contributed by atoms with Crippen LogP contribution in [0.3, 0.4) is 0 Å². The zero-order chi connectivity index (χ0) is 18.0. The summed E-state index contributed by atoms with van der Waals surface area (Å²) >= 11 is 0. The summed E-state index contributed by atoms with van der Waals surface area (Å²) in [5.74, 6) is -0.0973. The number of nitrogens with zero attached hydrogens (tertiary/aromatic N) is 4. The van der Waals surface area contributed by atoms with Gasteiger partial charge in [0.25, 0.3) is 5.91 Å². The minimum atomic E-state index is -0.0973. The molecule has 0 radical (unpaired) electrons. The predicted molar refractivity (Wildman–Crippen MR) is 97.9 cm³/mol. The van der Waals surface area contributed by atoms with Crippen molar-refractivity contribution in [3.8, 4) is 5.69 Å². The Bertz CT molecular complexity index is 962. The summed E-state index contributed by atoms with van der Waals surface area (Å²) in [6, 6.07) is 15.2. The molecule has 3 aromatic rings. The van der Waals surface area contributed by atoms with Crippen molar-refractivity contribution in [3.63, 3.8) is 0 Å². The largest absolute Gasteiger partial charge is 0.268 e. The molecule has 0 N–H and O–H groups in total. The van der Waals surface area contributed by atoms with Gasteiger partial charge in [0.2, 0.25) is 0 Å². The number of carbonyl (C=O) groups excluding carboxylic acids is 1. The highest BCUT2D eigenvalue weighted by atomic mass is 16.2. The molecule has 0 aliphatic carbocycles.